The minimum Gasteiger partial charge on any atom is -0.495 e. The van der Waals surface area contributed by atoms with Crippen molar-refractivity contribution in [1.82, 2.24) is 20.2 Å². The molecule has 0 aliphatic carbocycles. The minimum atomic E-state index is -0.227. The molecule has 2 aromatic carbocycles. The van der Waals surface area contributed by atoms with Gasteiger partial charge in [-0.05, 0) is 73.1 Å². The number of piperidine rings is 1. The number of ether oxygens (including phenoxy) is 1. The first kappa shape index (κ1) is 28.4. The molecular weight excluding hydrogens is 560 g/mol. The molecule has 3 aromatic heterocycles. The summed E-state index contributed by atoms with van der Waals surface area (Å²) >= 11 is 1.54. The number of anilines is 2. The lowest BCUT2D eigenvalue weighted by Crippen LogP contribution is -2.37. The number of hydrogen-bond acceptors (Lipinski definition) is 7. The molecule has 5 aromatic rings. The number of benzene rings is 2. The van der Waals surface area contributed by atoms with Crippen LogP contribution in [0.4, 0.5) is 11.5 Å². The third-order valence-corrected chi connectivity index (χ3v) is 9.00. The largest absolute Gasteiger partial charge is 0.495 e. The number of carbonyl (C=O) groups is 2. The van der Waals surface area contributed by atoms with E-state index >= 15 is 0 Å². The van der Waals surface area contributed by atoms with E-state index in [2.05, 4.69) is 20.9 Å². The van der Waals surface area contributed by atoms with Crippen molar-refractivity contribution in [2.24, 2.45) is 13.0 Å². The van der Waals surface area contributed by atoms with Crippen LogP contribution in [0.5, 0.6) is 5.75 Å². The number of pyridine rings is 1. The Morgan fingerprint density at radius 2 is 2.09 bits per heavy atom. The average Bonchev–Trinajstić information content (AvgIpc) is 3.63. The van der Waals surface area contributed by atoms with Gasteiger partial charge in [0.15, 0.2) is 0 Å². The van der Waals surface area contributed by atoms with Gasteiger partial charge >= 0.3 is 0 Å². The number of nitrogens with one attached hydrogen (secondary N) is 3. The third-order valence-electron chi connectivity index (χ3n) is 7.98. The van der Waals surface area contributed by atoms with Crippen LogP contribution in [0.2, 0.25) is 0 Å². The molecule has 6 rings (SSSR count). The molecule has 10 heteroatoms. The van der Waals surface area contributed by atoms with Crippen molar-refractivity contribution < 1.29 is 14.3 Å². The predicted molar refractivity (Wildman–Crippen MR) is 175 cm³/mol. The molecular formula is C33H34N6O3S. The lowest BCUT2D eigenvalue weighted by atomic mass is 10.00. The summed E-state index contributed by atoms with van der Waals surface area (Å²) in [6.07, 6.45) is 7.30. The molecule has 1 aliphatic heterocycles. The second-order valence-corrected chi connectivity index (χ2v) is 11.6. The Morgan fingerprint density at radius 3 is 2.88 bits per heavy atom. The Labute approximate surface area is 253 Å². The summed E-state index contributed by atoms with van der Waals surface area (Å²) in [5.41, 5.74) is 11.1. The Kier molecular flexibility index (Phi) is 8.13. The summed E-state index contributed by atoms with van der Waals surface area (Å²) < 4.78 is 8.50. The van der Waals surface area contributed by atoms with Gasteiger partial charge in [0.1, 0.15) is 17.3 Å². The fourth-order valence-corrected chi connectivity index (χ4v) is 6.72. The number of aromatic nitrogens is 2. The Bertz CT molecular complexity index is 1850. The number of carbonyl (C=O) groups excluding carboxylic acids is 2. The van der Waals surface area contributed by atoms with E-state index in [0.29, 0.717) is 35.4 Å². The topological polar surface area (TPSA) is 123 Å². The van der Waals surface area contributed by atoms with Crippen LogP contribution in [-0.2, 0) is 11.8 Å². The highest BCUT2D eigenvalue weighted by molar-refractivity contribution is 7.18. The molecule has 43 heavy (non-hydrogen) atoms. The molecule has 9 nitrogen and oxygen atoms in total. The van der Waals surface area contributed by atoms with E-state index in [1.165, 1.54) is 0 Å². The van der Waals surface area contributed by atoms with Crippen LogP contribution in [0.25, 0.3) is 38.2 Å². The number of methoxy groups -OCH3 is 1. The van der Waals surface area contributed by atoms with Gasteiger partial charge in [-0.1, -0.05) is 24.3 Å². The zero-order chi connectivity index (χ0) is 29.9. The van der Waals surface area contributed by atoms with Crippen LogP contribution in [0.15, 0.2) is 66.2 Å². The molecule has 5 N–H and O–H groups in total. The molecule has 1 fully saturated rings. The second-order valence-electron chi connectivity index (χ2n) is 10.8. The first-order chi connectivity index (χ1) is 20.9. The zero-order valence-electron chi connectivity index (χ0n) is 24.1. The van der Waals surface area contributed by atoms with Crippen LogP contribution >= 0.6 is 11.3 Å². The van der Waals surface area contributed by atoms with Crippen LogP contribution in [-0.4, -0.2) is 48.1 Å². The van der Waals surface area contributed by atoms with E-state index in [0.717, 1.165) is 63.6 Å². The Hall–Kier alpha value is -4.67. The molecule has 1 saturated heterocycles. The van der Waals surface area contributed by atoms with Gasteiger partial charge in [-0.2, -0.15) is 0 Å². The smallest absolute Gasteiger partial charge is 0.272 e. The number of hydrogen-bond donors (Lipinski definition) is 4. The molecule has 1 unspecified atom stereocenters. The standard InChI is InChI=1S/C33H34N6O3S/c1-39-26-8-4-3-7-22(26)14-27(39)33(41)38-25-11-9-21(15-28(25)42-2)24-19-43-31-23(18-37-32(34)30(24)31)10-12-29(40)36-17-20-6-5-13-35-16-20/h3-4,7-12,14-15,18-20,35H,5-6,13,16-17H2,1-2H3,(H2,34,37)(H,36,40)(H,38,41)/b12-10-. The van der Waals surface area contributed by atoms with Crippen molar-refractivity contribution in [3.8, 4) is 16.9 Å². The average molecular weight is 595 g/mol. The predicted octanol–water partition coefficient (Wildman–Crippen LogP) is 5.43. The van der Waals surface area contributed by atoms with Crippen LogP contribution in [0.3, 0.4) is 0 Å². The molecule has 0 radical (unpaired) electrons. The number of thiophene rings is 1. The van der Waals surface area contributed by atoms with E-state index in [4.69, 9.17) is 10.5 Å². The Morgan fingerprint density at radius 1 is 1.23 bits per heavy atom. The van der Waals surface area contributed by atoms with E-state index in [1.54, 1.807) is 36.8 Å². The summed E-state index contributed by atoms with van der Waals surface area (Å²) in [4.78, 5) is 30.2. The number of para-hydroxylation sites is 1. The first-order valence-corrected chi connectivity index (χ1v) is 15.2. The lowest BCUT2D eigenvalue weighted by Gasteiger charge is -2.22. The number of amides is 2. The van der Waals surface area contributed by atoms with E-state index < -0.39 is 0 Å². The normalized spacial score (nSPS) is 15.3. The molecule has 0 bridgehead atoms. The highest BCUT2D eigenvalue weighted by Gasteiger charge is 2.18. The maximum absolute atomic E-state index is 13.2. The molecule has 4 heterocycles. The maximum atomic E-state index is 13.2. The quantitative estimate of drug-likeness (QED) is 0.178. The van der Waals surface area contributed by atoms with Crippen LogP contribution in [0, 0.1) is 5.92 Å². The molecule has 0 saturated carbocycles. The van der Waals surface area contributed by atoms with Gasteiger partial charge in [0.2, 0.25) is 5.91 Å². The fraction of sp³-hybridized carbons (Fsp3) is 0.242. The summed E-state index contributed by atoms with van der Waals surface area (Å²) in [5, 5.41) is 13.2. The van der Waals surface area contributed by atoms with Crippen molar-refractivity contribution in [3.05, 3.63) is 77.4 Å². The third kappa shape index (κ3) is 5.84. The molecule has 2 amide bonds. The van der Waals surface area contributed by atoms with Gasteiger partial charge in [-0.3, -0.25) is 9.59 Å². The molecule has 1 atom stereocenters. The van der Waals surface area contributed by atoms with Crippen molar-refractivity contribution in [2.75, 3.05) is 37.8 Å². The van der Waals surface area contributed by atoms with E-state index in [1.807, 2.05) is 65.5 Å². The highest BCUT2D eigenvalue weighted by atomic mass is 32.1. The molecule has 1 aliphatic rings. The van der Waals surface area contributed by atoms with Crippen molar-refractivity contribution in [2.45, 2.75) is 12.8 Å². The van der Waals surface area contributed by atoms with E-state index in [-0.39, 0.29) is 11.8 Å². The summed E-state index contributed by atoms with van der Waals surface area (Å²) in [5.74, 6) is 1.04. The minimum absolute atomic E-state index is 0.127. The summed E-state index contributed by atoms with van der Waals surface area (Å²) in [7, 11) is 3.45. The van der Waals surface area contributed by atoms with Gasteiger partial charge in [0.05, 0.1) is 12.8 Å². The first-order valence-electron chi connectivity index (χ1n) is 14.3. The number of nitrogens with zero attached hydrogens (tertiary/aromatic N) is 2. The fourth-order valence-electron chi connectivity index (χ4n) is 5.64. The van der Waals surface area contributed by atoms with Crippen LogP contribution < -0.4 is 26.4 Å². The number of rotatable bonds is 8. The Balaban J connectivity index is 1.22. The second kappa shape index (κ2) is 12.3. The number of aryl methyl sites for hydroxylation is 1. The number of nitrogen functional groups attached to an aromatic ring is 1. The van der Waals surface area contributed by atoms with Crippen molar-refractivity contribution in [3.63, 3.8) is 0 Å². The lowest BCUT2D eigenvalue weighted by molar-refractivity contribution is -0.116. The zero-order valence-corrected chi connectivity index (χ0v) is 25.0. The maximum Gasteiger partial charge on any atom is 0.272 e. The molecule has 220 valence electrons. The van der Waals surface area contributed by atoms with Gasteiger partial charge < -0.3 is 31.0 Å². The number of fused-ring (bicyclic) bond motifs is 2. The molecule has 0 spiro atoms. The SMILES string of the molecule is COc1cc(-c2csc3c(/C=C\C(=O)NCC4CCCNC4)cnc(N)c23)ccc1NC(=O)c1cc2ccccc2n1C. The van der Waals surface area contributed by atoms with Crippen molar-refractivity contribution >= 4 is 61.7 Å². The summed E-state index contributed by atoms with van der Waals surface area (Å²) in [6, 6.07) is 15.4. The van der Waals surface area contributed by atoms with Gasteiger partial charge in [0, 0.05) is 58.0 Å². The van der Waals surface area contributed by atoms with Gasteiger partial charge in [-0.15, -0.1) is 11.3 Å². The summed E-state index contributed by atoms with van der Waals surface area (Å²) in [6.45, 7) is 2.65. The van der Waals surface area contributed by atoms with Crippen LogP contribution in [0.1, 0.15) is 28.9 Å². The van der Waals surface area contributed by atoms with Gasteiger partial charge in [0.25, 0.3) is 5.91 Å². The number of nitrogens with two attached hydrogens (primary N) is 1. The highest BCUT2D eigenvalue weighted by Crippen LogP contribution is 2.41. The van der Waals surface area contributed by atoms with Crippen molar-refractivity contribution in [1.29, 1.82) is 0 Å². The monoisotopic (exact) mass is 594 g/mol. The van der Waals surface area contributed by atoms with E-state index in [9.17, 15) is 9.59 Å². The van der Waals surface area contributed by atoms with Gasteiger partial charge in [-0.25, -0.2) is 4.98 Å².